The average molecular weight is 280 g/mol. The summed E-state index contributed by atoms with van der Waals surface area (Å²) in [5.41, 5.74) is 0.921. The average Bonchev–Trinajstić information content (AvgIpc) is 2.80. The Hall–Kier alpha value is -0.990. The normalized spacial score (nSPS) is 13.9. The molecular weight excluding hydrogens is 258 g/mol. The van der Waals surface area contributed by atoms with Crippen LogP contribution in [0.5, 0.6) is 0 Å². The molecule has 2 nitrogen and oxygen atoms in total. The lowest BCUT2D eigenvalue weighted by atomic mass is 9.80. The lowest BCUT2D eigenvalue weighted by Gasteiger charge is -2.32. The molecule has 1 heterocycles. The van der Waals surface area contributed by atoms with Gasteiger partial charge < -0.3 is 9.73 Å². The van der Waals surface area contributed by atoms with Gasteiger partial charge in [0.2, 0.25) is 0 Å². The highest BCUT2D eigenvalue weighted by Gasteiger charge is 2.31. The molecule has 0 fully saturated rings. The molecule has 1 atom stereocenters. The third-order valence-electron chi connectivity index (χ3n) is 3.90. The molecular formula is C16H22ClNO. The summed E-state index contributed by atoms with van der Waals surface area (Å²) < 4.78 is 6.01. The molecule has 0 saturated carbocycles. The van der Waals surface area contributed by atoms with Crippen molar-refractivity contribution in [2.75, 3.05) is 6.54 Å². The molecule has 0 amide bonds. The minimum Gasteiger partial charge on any atom is -0.458 e. The van der Waals surface area contributed by atoms with Crippen molar-refractivity contribution in [1.29, 1.82) is 0 Å². The summed E-state index contributed by atoms with van der Waals surface area (Å²) in [4.78, 5) is 0. The van der Waals surface area contributed by atoms with Gasteiger partial charge in [0.15, 0.2) is 5.58 Å². The molecule has 0 aliphatic rings. The van der Waals surface area contributed by atoms with Gasteiger partial charge >= 0.3 is 0 Å². The van der Waals surface area contributed by atoms with Crippen molar-refractivity contribution in [2.24, 2.45) is 5.41 Å². The first kappa shape index (κ1) is 14.4. The zero-order chi connectivity index (χ0) is 14.0. The Morgan fingerprint density at radius 1 is 1.32 bits per heavy atom. The van der Waals surface area contributed by atoms with Crippen LogP contribution in [0, 0.1) is 5.41 Å². The maximum Gasteiger partial charge on any atom is 0.152 e. The number of nitrogens with one attached hydrogen (secondary N) is 1. The summed E-state index contributed by atoms with van der Waals surface area (Å²) in [5.74, 6) is 0.969. The third kappa shape index (κ3) is 2.80. The highest BCUT2D eigenvalue weighted by Crippen LogP contribution is 2.39. The second-order valence-electron chi connectivity index (χ2n) is 5.64. The summed E-state index contributed by atoms with van der Waals surface area (Å²) in [6, 6.07) is 8.16. The number of hydrogen-bond acceptors (Lipinski definition) is 2. The van der Waals surface area contributed by atoms with Crippen LogP contribution in [0.1, 0.15) is 45.9 Å². The van der Waals surface area contributed by atoms with Crippen molar-refractivity contribution in [1.82, 2.24) is 5.32 Å². The van der Waals surface area contributed by atoms with Gasteiger partial charge in [-0.1, -0.05) is 51.4 Å². The SMILES string of the molecule is CCNC(c1cc2cccc(Cl)c2o1)C(C)(C)CC. The van der Waals surface area contributed by atoms with Crippen molar-refractivity contribution < 1.29 is 4.42 Å². The van der Waals surface area contributed by atoms with Crippen LogP contribution in [0.3, 0.4) is 0 Å². The molecule has 0 aliphatic carbocycles. The van der Waals surface area contributed by atoms with Crippen molar-refractivity contribution >= 4 is 22.6 Å². The summed E-state index contributed by atoms with van der Waals surface area (Å²) >= 11 is 6.19. The molecule has 0 radical (unpaired) electrons. The molecule has 2 aromatic rings. The zero-order valence-electron chi connectivity index (χ0n) is 12.1. The summed E-state index contributed by atoms with van der Waals surface area (Å²) in [7, 11) is 0. The molecule has 1 aromatic carbocycles. The molecule has 0 bridgehead atoms. The smallest absolute Gasteiger partial charge is 0.152 e. The van der Waals surface area contributed by atoms with Gasteiger partial charge in [-0.2, -0.15) is 0 Å². The van der Waals surface area contributed by atoms with E-state index in [9.17, 15) is 0 Å². The number of benzene rings is 1. The minimum absolute atomic E-state index is 0.135. The number of rotatable bonds is 5. The van der Waals surface area contributed by atoms with E-state index in [0.717, 1.165) is 29.7 Å². The predicted octanol–water partition coefficient (Wildman–Crippen LogP) is 5.17. The number of para-hydroxylation sites is 1. The molecule has 1 N–H and O–H groups in total. The molecule has 0 saturated heterocycles. The van der Waals surface area contributed by atoms with E-state index in [1.165, 1.54) is 0 Å². The third-order valence-corrected chi connectivity index (χ3v) is 4.20. The minimum atomic E-state index is 0.135. The molecule has 0 aliphatic heterocycles. The van der Waals surface area contributed by atoms with E-state index in [2.05, 4.69) is 39.1 Å². The fraction of sp³-hybridized carbons (Fsp3) is 0.500. The number of furan rings is 1. The van der Waals surface area contributed by atoms with Gasteiger partial charge in [0.05, 0.1) is 11.1 Å². The first-order valence-electron chi connectivity index (χ1n) is 6.91. The van der Waals surface area contributed by atoms with E-state index in [1.807, 2.05) is 18.2 Å². The van der Waals surface area contributed by atoms with E-state index in [-0.39, 0.29) is 11.5 Å². The molecule has 19 heavy (non-hydrogen) atoms. The Kier molecular flexibility index (Phi) is 4.22. The van der Waals surface area contributed by atoms with Crippen LogP contribution in [0.4, 0.5) is 0 Å². The highest BCUT2D eigenvalue weighted by atomic mass is 35.5. The second kappa shape index (κ2) is 5.56. The monoisotopic (exact) mass is 279 g/mol. The van der Waals surface area contributed by atoms with Crippen LogP contribution in [-0.4, -0.2) is 6.54 Å². The van der Waals surface area contributed by atoms with Gasteiger partial charge in [-0.3, -0.25) is 0 Å². The number of fused-ring (bicyclic) bond motifs is 1. The summed E-state index contributed by atoms with van der Waals surface area (Å²) in [6.45, 7) is 9.76. The summed E-state index contributed by atoms with van der Waals surface area (Å²) in [6.07, 6.45) is 1.08. The van der Waals surface area contributed by atoms with Crippen LogP contribution >= 0.6 is 11.6 Å². The molecule has 0 spiro atoms. The van der Waals surface area contributed by atoms with Crippen molar-refractivity contribution in [3.05, 3.63) is 35.0 Å². The molecule has 1 aromatic heterocycles. The van der Waals surface area contributed by atoms with Gasteiger partial charge in [0.25, 0.3) is 0 Å². The van der Waals surface area contributed by atoms with Gasteiger partial charge in [0, 0.05) is 5.39 Å². The topological polar surface area (TPSA) is 25.2 Å². The predicted molar refractivity (Wildman–Crippen MR) is 81.7 cm³/mol. The number of hydrogen-bond donors (Lipinski definition) is 1. The van der Waals surface area contributed by atoms with Gasteiger partial charge in [-0.25, -0.2) is 0 Å². The second-order valence-corrected chi connectivity index (χ2v) is 6.05. The zero-order valence-corrected chi connectivity index (χ0v) is 12.8. The lowest BCUT2D eigenvalue weighted by Crippen LogP contribution is -2.33. The van der Waals surface area contributed by atoms with Crippen molar-refractivity contribution in [3.8, 4) is 0 Å². The molecule has 3 heteroatoms. The Labute approximate surface area is 120 Å². The van der Waals surface area contributed by atoms with Crippen LogP contribution in [0.25, 0.3) is 11.0 Å². The first-order chi connectivity index (χ1) is 8.99. The van der Waals surface area contributed by atoms with E-state index < -0.39 is 0 Å². The molecule has 104 valence electrons. The Bertz CT molecular complexity index is 559. The highest BCUT2D eigenvalue weighted by molar-refractivity contribution is 6.34. The Morgan fingerprint density at radius 2 is 2.05 bits per heavy atom. The number of halogens is 1. The van der Waals surface area contributed by atoms with E-state index in [4.69, 9.17) is 16.0 Å². The van der Waals surface area contributed by atoms with Gasteiger partial charge in [-0.05, 0) is 30.5 Å². The van der Waals surface area contributed by atoms with Crippen molar-refractivity contribution in [3.63, 3.8) is 0 Å². The van der Waals surface area contributed by atoms with Gasteiger partial charge in [0.1, 0.15) is 5.76 Å². The standard InChI is InChI=1S/C16H22ClNO/c1-5-16(3,4)15(18-6-2)13-10-11-8-7-9-12(17)14(11)19-13/h7-10,15,18H,5-6H2,1-4H3. The maximum atomic E-state index is 6.19. The Balaban J connectivity index is 2.48. The first-order valence-corrected chi connectivity index (χ1v) is 7.28. The van der Waals surface area contributed by atoms with E-state index >= 15 is 0 Å². The quantitative estimate of drug-likeness (QED) is 0.816. The molecule has 1 unspecified atom stereocenters. The largest absolute Gasteiger partial charge is 0.458 e. The van der Waals surface area contributed by atoms with Gasteiger partial charge in [-0.15, -0.1) is 0 Å². The molecule has 2 rings (SSSR count). The van der Waals surface area contributed by atoms with Crippen LogP contribution in [-0.2, 0) is 0 Å². The summed E-state index contributed by atoms with van der Waals surface area (Å²) in [5, 5.41) is 5.27. The fourth-order valence-corrected chi connectivity index (χ4v) is 2.58. The maximum absolute atomic E-state index is 6.19. The van der Waals surface area contributed by atoms with Crippen LogP contribution in [0.2, 0.25) is 5.02 Å². The van der Waals surface area contributed by atoms with E-state index in [0.29, 0.717) is 5.02 Å². The van der Waals surface area contributed by atoms with Crippen molar-refractivity contribution in [2.45, 2.75) is 40.2 Å². The van der Waals surface area contributed by atoms with Crippen LogP contribution < -0.4 is 5.32 Å². The van der Waals surface area contributed by atoms with Crippen LogP contribution in [0.15, 0.2) is 28.7 Å². The lowest BCUT2D eigenvalue weighted by molar-refractivity contribution is 0.211. The van der Waals surface area contributed by atoms with E-state index in [1.54, 1.807) is 0 Å². The Morgan fingerprint density at radius 3 is 2.63 bits per heavy atom. The fourth-order valence-electron chi connectivity index (χ4n) is 2.36.